The second kappa shape index (κ2) is 27.9. The van der Waals surface area contributed by atoms with Gasteiger partial charge in [-0.15, -0.1) is 34.4 Å². The molecule has 0 spiro atoms. The molecule has 92 heavy (non-hydrogen) atoms. The Balaban J connectivity index is 0.917. The Labute approximate surface area is 556 Å². The van der Waals surface area contributed by atoms with Crippen molar-refractivity contribution >= 4 is 107 Å². The number of oxime groups is 1. The third-order valence-corrected chi connectivity index (χ3v) is 22.0. The molecule has 13 rings (SSSR count). The van der Waals surface area contributed by atoms with Crippen molar-refractivity contribution in [2.45, 2.75) is 39.5 Å². The Bertz CT molecular complexity index is 4300. The van der Waals surface area contributed by atoms with Crippen LogP contribution in [0.15, 0.2) is 279 Å². The van der Waals surface area contributed by atoms with E-state index in [0.717, 1.165) is 32.7 Å². The fourth-order valence-corrected chi connectivity index (χ4v) is 17.7. The van der Waals surface area contributed by atoms with E-state index < -0.39 is 46.4 Å². The van der Waals surface area contributed by atoms with E-state index in [1.807, 2.05) is 254 Å². The Hall–Kier alpha value is -8.95. The number of rotatable bonds is 23. The van der Waals surface area contributed by atoms with Gasteiger partial charge in [-0.1, -0.05) is 283 Å². The van der Waals surface area contributed by atoms with Gasteiger partial charge >= 0.3 is 5.97 Å². The minimum atomic E-state index is -1.47. The molecule has 13 nitrogen and oxygen atoms in total. The van der Waals surface area contributed by atoms with E-state index in [2.05, 4.69) is 10.6 Å². The zero-order chi connectivity index (χ0) is 63.0. The number of anilines is 1. The fourth-order valence-electron chi connectivity index (χ4n) is 11.5. The maximum absolute atomic E-state index is 15.9. The third kappa shape index (κ3) is 12.2. The quantitative estimate of drug-likeness (QED) is 0.0119. The number of fused-ring (bicyclic) bond motifs is 2. The van der Waals surface area contributed by atoms with Gasteiger partial charge in [-0.25, -0.2) is 9.78 Å². The number of ether oxygens (including phenoxy) is 3. The smallest absolute Gasteiger partial charge is 0.356 e. The Kier molecular flexibility index (Phi) is 18.8. The number of thiazole rings is 1. The second-order valence-electron chi connectivity index (χ2n) is 21.3. The van der Waals surface area contributed by atoms with Gasteiger partial charge < -0.3 is 29.7 Å². The number of carbonyl (C=O) groups is 3. The molecule has 0 aliphatic carbocycles. The highest BCUT2D eigenvalue weighted by Crippen LogP contribution is 2.49. The van der Waals surface area contributed by atoms with Crippen molar-refractivity contribution in [1.82, 2.24) is 15.2 Å². The van der Waals surface area contributed by atoms with E-state index in [4.69, 9.17) is 40.8 Å². The van der Waals surface area contributed by atoms with Crippen molar-refractivity contribution < 1.29 is 33.4 Å². The number of thiophene rings is 1. The molecule has 2 amide bonds. The number of carbonyl (C=O) groups excluding carboxylic acids is 3. The van der Waals surface area contributed by atoms with Crippen LogP contribution in [0.4, 0.5) is 5.13 Å². The predicted octanol–water partition coefficient (Wildman–Crippen LogP) is 15.4. The van der Waals surface area contributed by atoms with Crippen molar-refractivity contribution in [3.05, 3.63) is 335 Å². The van der Waals surface area contributed by atoms with E-state index in [1.54, 1.807) is 0 Å². The summed E-state index contributed by atoms with van der Waals surface area (Å²) in [4.78, 5) is 75.0. The maximum atomic E-state index is 15.9. The Morgan fingerprint density at radius 2 is 1.16 bits per heavy atom. The molecule has 8 aromatic carbocycles. The molecule has 458 valence electrons. The summed E-state index contributed by atoms with van der Waals surface area (Å²) in [5.74, 6) is -2.04. The van der Waals surface area contributed by atoms with E-state index in [1.165, 1.54) is 58.2 Å². The lowest BCUT2D eigenvalue weighted by atomic mass is 9.77. The molecular weight excluding hydrogens is 1270 g/mol. The molecule has 0 bridgehead atoms. The SMILES string of the molecule is COCOCc1c(SC2=C(C(=O)OC(c3ccccc3)c3ccccc3)N3C(=O)C(NC(=O)/C(=N\OC(c4ccccc4)(c4ccccc4)c4ccccc4)c4nc(NC(c5ccccc5)(c5ccccc5)c5ccccc5)sc4Cl)[C@H]3SC2)sc2ccsc2c1=O. The summed E-state index contributed by atoms with van der Waals surface area (Å²) in [5, 5.41) is 13.1. The molecule has 19 heteroatoms. The van der Waals surface area contributed by atoms with Gasteiger partial charge in [0.15, 0.2) is 16.9 Å². The predicted molar refractivity (Wildman–Crippen MR) is 368 cm³/mol. The second-order valence-corrected chi connectivity index (χ2v) is 27.4. The minimum Gasteiger partial charge on any atom is -0.448 e. The lowest BCUT2D eigenvalue weighted by Gasteiger charge is -2.49. The van der Waals surface area contributed by atoms with Gasteiger partial charge in [0, 0.05) is 34.5 Å². The molecule has 1 fully saturated rings. The summed E-state index contributed by atoms with van der Waals surface area (Å²) in [6, 6.07) is 78.3. The molecule has 5 heterocycles. The highest BCUT2D eigenvalue weighted by molar-refractivity contribution is 8.07. The van der Waals surface area contributed by atoms with Crippen LogP contribution < -0.4 is 16.1 Å². The van der Waals surface area contributed by atoms with Crippen molar-refractivity contribution in [2.24, 2.45) is 5.16 Å². The van der Waals surface area contributed by atoms with Crippen LogP contribution in [-0.4, -0.2) is 64.5 Å². The average Bonchev–Trinajstić information content (AvgIpc) is 0.781. The highest BCUT2D eigenvalue weighted by atomic mass is 35.5. The number of methoxy groups -OCH3 is 1. The van der Waals surface area contributed by atoms with Crippen LogP contribution in [0.5, 0.6) is 0 Å². The molecule has 11 aromatic rings. The number of esters is 1. The number of nitrogens with one attached hydrogen (secondary N) is 2. The molecule has 2 N–H and O–H groups in total. The minimum absolute atomic E-state index is 0.0208. The number of β-lactam (4-membered cyclic amide) rings is 1. The third-order valence-electron chi connectivity index (χ3n) is 15.8. The first-order valence-corrected chi connectivity index (χ1v) is 34.0. The number of hydrogen-bond acceptors (Lipinski definition) is 16. The number of aromatic nitrogens is 1. The largest absolute Gasteiger partial charge is 0.448 e. The van der Waals surface area contributed by atoms with E-state index in [9.17, 15) is 4.79 Å². The van der Waals surface area contributed by atoms with Crippen LogP contribution in [0.3, 0.4) is 0 Å². The lowest BCUT2D eigenvalue weighted by Crippen LogP contribution is -2.71. The number of nitrogens with zero attached hydrogens (tertiary/aromatic N) is 3. The van der Waals surface area contributed by atoms with Gasteiger partial charge in [0.2, 0.25) is 11.0 Å². The highest BCUT2D eigenvalue weighted by Gasteiger charge is 2.56. The Morgan fingerprint density at radius 3 is 1.66 bits per heavy atom. The standard InChI is InChI=1S/C73H56ClN5O8S5/c1-84-46-85-44-55-62(80)64-56(42-43-88-64)90-70(55)91-57-45-89-68-60(67(82)79(68)61(57)69(83)86-63(47-26-10-2-11-27-47)48-28-12-3-13-29-48)75-66(81)59(78-87-73(52-36-20-7-21-37-52,53-38-22-8-23-39-53)54-40-24-9-25-41-54)58-65(74)92-71(76-58)77-72(49-30-14-4-15-31-49,50-32-16-5-17-33-50)51-34-18-6-19-35-51/h2-43,60,63,68H,44-46H2,1H3,(H,75,81)(H,76,77)/b78-59-/t60?,68-/m1/s1. The number of amides is 2. The molecular formula is C73H56ClN5O8S5. The van der Waals surface area contributed by atoms with Gasteiger partial charge in [-0.05, 0) is 39.3 Å². The van der Waals surface area contributed by atoms with E-state index >= 15 is 14.4 Å². The molecule has 2 aliphatic heterocycles. The van der Waals surface area contributed by atoms with Gasteiger partial charge in [0.1, 0.15) is 39.5 Å². The first kappa shape index (κ1) is 61.9. The van der Waals surface area contributed by atoms with Gasteiger partial charge in [0.25, 0.3) is 11.8 Å². The fraction of sp³-hybridized carbons (Fsp3) is 0.123. The summed E-state index contributed by atoms with van der Waals surface area (Å²) in [5.41, 5.74) is 3.54. The van der Waals surface area contributed by atoms with Crippen LogP contribution >= 0.6 is 69.1 Å². The van der Waals surface area contributed by atoms with Gasteiger partial charge in [-0.3, -0.25) is 19.3 Å². The van der Waals surface area contributed by atoms with Gasteiger partial charge in [-0.2, -0.15) is 0 Å². The molecule has 2 atom stereocenters. The van der Waals surface area contributed by atoms with Crippen LogP contribution in [0.2, 0.25) is 4.34 Å². The first-order chi connectivity index (χ1) is 45.2. The van der Waals surface area contributed by atoms with Gasteiger partial charge in [0.05, 0.1) is 25.8 Å². The summed E-state index contributed by atoms with van der Waals surface area (Å²) in [6.45, 7) is -0.116. The topological polar surface area (TPSA) is 158 Å². The summed E-state index contributed by atoms with van der Waals surface area (Å²) < 4.78 is 19.6. The summed E-state index contributed by atoms with van der Waals surface area (Å²) in [6.07, 6.45) is -0.881. The monoisotopic (exact) mass is 1330 g/mol. The summed E-state index contributed by atoms with van der Waals surface area (Å²) >= 11 is 13.9. The number of thioether (sulfide) groups is 2. The number of benzene rings is 8. The molecule has 0 saturated carbocycles. The average molecular weight is 1330 g/mol. The molecule has 0 radical (unpaired) electrons. The first-order valence-electron chi connectivity index (χ1n) is 29.3. The number of halogens is 1. The molecule has 3 aromatic heterocycles. The zero-order valence-electron chi connectivity index (χ0n) is 49.1. The normalized spacial score (nSPS) is 15.0. The maximum Gasteiger partial charge on any atom is 0.356 e. The van der Waals surface area contributed by atoms with Crippen LogP contribution in [-0.2, 0) is 51.2 Å². The van der Waals surface area contributed by atoms with E-state index in [-0.39, 0.29) is 46.0 Å². The van der Waals surface area contributed by atoms with Crippen LogP contribution in [0, 0.1) is 0 Å². The van der Waals surface area contributed by atoms with Crippen molar-refractivity contribution in [2.75, 3.05) is 25.0 Å². The Morgan fingerprint density at radius 1 is 0.674 bits per heavy atom. The van der Waals surface area contributed by atoms with Crippen LogP contribution in [0.1, 0.15) is 61.9 Å². The van der Waals surface area contributed by atoms with Crippen molar-refractivity contribution in [3.8, 4) is 0 Å². The molecule has 2 aliphatic rings. The molecule has 1 saturated heterocycles. The summed E-state index contributed by atoms with van der Waals surface area (Å²) in [7, 11) is 1.50. The number of hydrogen-bond donors (Lipinski definition) is 2. The van der Waals surface area contributed by atoms with Crippen molar-refractivity contribution in [3.63, 3.8) is 0 Å². The lowest BCUT2D eigenvalue weighted by molar-refractivity contribution is -0.154. The van der Waals surface area contributed by atoms with Crippen molar-refractivity contribution in [1.29, 1.82) is 0 Å². The van der Waals surface area contributed by atoms with Crippen LogP contribution in [0.25, 0.3) is 9.40 Å². The zero-order valence-corrected chi connectivity index (χ0v) is 54.0. The van der Waals surface area contributed by atoms with E-state index in [0.29, 0.717) is 52.3 Å². The molecule has 1 unspecified atom stereocenters.